The van der Waals surface area contributed by atoms with Crippen molar-refractivity contribution in [3.8, 4) is 0 Å². The highest BCUT2D eigenvalue weighted by Crippen LogP contribution is 2.27. The van der Waals surface area contributed by atoms with Gasteiger partial charge in [0.2, 0.25) is 15.9 Å². The Hall–Kier alpha value is -2.05. The molecule has 2 aromatic rings. The van der Waals surface area contributed by atoms with Gasteiger partial charge in [0.05, 0.1) is 11.9 Å². The number of hydrogen-bond acceptors (Lipinski definition) is 3. The maximum atomic E-state index is 12.3. The number of rotatable bonds is 7. The molecule has 1 N–H and O–H groups in total. The third-order valence-corrected chi connectivity index (χ3v) is 5.77. The summed E-state index contributed by atoms with van der Waals surface area (Å²) >= 11 is 6.03. The maximum absolute atomic E-state index is 12.3. The summed E-state index contributed by atoms with van der Waals surface area (Å²) in [6, 6.07) is 11.0. The van der Waals surface area contributed by atoms with Gasteiger partial charge in [0, 0.05) is 23.7 Å². The van der Waals surface area contributed by atoms with Gasteiger partial charge >= 0.3 is 0 Å². The molecule has 0 aliphatic heterocycles. The highest BCUT2D eigenvalue weighted by molar-refractivity contribution is 7.92. The molecule has 0 aliphatic rings. The summed E-state index contributed by atoms with van der Waals surface area (Å²) in [4.78, 5) is 12.3. The third kappa shape index (κ3) is 5.71. The number of hydrogen-bond donors (Lipinski definition) is 1. The van der Waals surface area contributed by atoms with Gasteiger partial charge in [0.1, 0.15) is 0 Å². The minimum Gasteiger partial charge on any atom is -0.326 e. The summed E-state index contributed by atoms with van der Waals surface area (Å²) in [7, 11) is -3.48. The first-order chi connectivity index (χ1) is 12.6. The fraction of sp³-hybridized carbons (Fsp3) is 0.350. The van der Waals surface area contributed by atoms with Crippen LogP contribution in [0.4, 0.5) is 11.4 Å². The zero-order valence-corrected chi connectivity index (χ0v) is 17.6. The van der Waals surface area contributed by atoms with Gasteiger partial charge in [0.15, 0.2) is 0 Å². The van der Waals surface area contributed by atoms with Crippen molar-refractivity contribution in [3.63, 3.8) is 0 Å². The lowest BCUT2D eigenvalue weighted by Gasteiger charge is -2.24. The predicted molar refractivity (Wildman–Crippen MR) is 112 cm³/mol. The average Bonchev–Trinajstić information content (AvgIpc) is 2.56. The van der Waals surface area contributed by atoms with Gasteiger partial charge in [-0.25, -0.2) is 8.42 Å². The van der Waals surface area contributed by atoms with Crippen molar-refractivity contribution in [2.24, 2.45) is 0 Å². The molecule has 0 aliphatic carbocycles. The lowest BCUT2D eigenvalue weighted by atomic mass is 10.1. The summed E-state index contributed by atoms with van der Waals surface area (Å²) < 4.78 is 25.8. The zero-order valence-electron chi connectivity index (χ0n) is 16.0. The molecule has 0 radical (unpaired) electrons. The van der Waals surface area contributed by atoms with Gasteiger partial charge in [-0.15, -0.1) is 0 Å². The van der Waals surface area contributed by atoms with Crippen molar-refractivity contribution in [2.45, 2.75) is 33.6 Å². The topological polar surface area (TPSA) is 66.5 Å². The molecule has 0 saturated heterocycles. The molecule has 146 valence electrons. The van der Waals surface area contributed by atoms with Crippen LogP contribution in [0.2, 0.25) is 5.02 Å². The van der Waals surface area contributed by atoms with Crippen molar-refractivity contribution in [2.75, 3.05) is 22.4 Å². The van der Waals surface area contributed by atoms with Crippen molar-refractivity contribution < 1.29 is 13.2 Å². The second-order valence-corrected chi connectivity index (χ2v) is 9.03. The number of amides is 1. The van der Waals surface area contributed by atoms with E-state index in [1.165, 1.54) is 4.31 Å². The van der Waals surface area contributed by atoms with Gasteiger partial charge in [-0.05, 0) is 56.0 Å². The highest BCUT2D eigenvalue weighted by atomic mass is 35.5. The molecule has 0 aromatic heterocycles. The number of sulfonamides is 1. The molecular formula is C20H25ClN2O3S. The van der Waals surface area contributed by atoms with Crippen molar-refractivity contribution >= 4 is 38.9 Å². The van der Waals surface area contributed by atoms with Crippen LogP contribution >= 0.6 is 11.6 Å². The number of nitrogens with zero attached hydrogens (tertiary/aromatic N) is 1. The smallest absolute Gasteiger partial charge is 0.232 e. The molecule has 2 aromatic carbocycles. The largest absolute Gasteiger partial charge is 0.326 e. The van der Waals surface area contributed by atoms with Crippen LogP contribution in [0, 0.1) is 20.8 Å². The lowest BCUT2D eigenvalue weighted by molar-refractivity contribution is -0.116. The quantitative estimate of drug-likeness (QED) is 0.735. The summed E-state index contributed by atoms with van der Waals surface area (Å²) in [5.41, 5.74) is 4.16. The van der Waals surface area contributed by atoms with Crippen LogP contribution in [0.3, 0.4) is 0 Å². The molecule has 27 heavy (non-hydrogen) atoms. The minimum atomic E-state index is -3.48. The van der Waals surface area contributed by atoms with Gasteiger partial charge in [-0.1, -0.05) is 35.9 Å². The van der Waals surface area contributed by atoms with E-state index in [1.54, 1.807) is 18.2 Å². The first-order valence-corrected chi connectivity index (χ1v) is 10.9. The van der Waals surface area contributed by atoms with Crippen LogP contribution < -0.4 is 9.62 Å². The number of carbonyl (C=O) groups is 1. The Morgan fingerprint density at radius 3 is 2.30 bits per heavy atom. The van der Waals surface area contributed by atoms with Crippen molar-refractivity contribution in [3.05, 3.63) is 58.1 Å². The molecule has 0 atom stereocenters. The number of anilines is 2. The second-order valence-electron chi connectivity index (χ2n) is 6.68. The molecule has 0 heterocycles. The highest BCUT2D eigenvalue weighted by Gasteiger charge is 2.20. The standard InChI is InChI=1S/C20H25ClN2O3S/c1-14-10-11-17(21)13-18(14)23(27(4,25)26)12-6-9-19(24)22-20-15(2)7-5-8-16(20)3/h5,7-8,10-11,13H,6,9,12H2,1-4H3,(H,22,24). The SMILES string of the molecule is Cc1ccc(Cl)cc1N(CCCC(=O)Nc1c(C)cccc1C)S(C)(=O)=O. The van der Waals surface area contributed by atoms with E-state index in [1.807, 2.05) is 39.0 Å². The van der Waals surface area contributed by atoms with E-state index in [2.05, 4.69) is 5.32 Å². The van der Waals surface area contributed by atoms with Gasteiger partial charge in [-0.3, -0.25) is 9.10 Å². The summed E-state index contributed by atoms with van der Waals surface area (Å²) in [5, 5.41) is 3.39. The summed E-state index contributed by atoms with van der Waals surface area (Å²) in [6.45, 7) is 5.92. The van der Waals surface area contributed by atoms with E-state index < -0.39 is 10.0 Å². The second kappa shape index (κ2) is 8.76. The third-order valence-electron chi connectivity index (χ3n) is 4.35. The lowest BCUT2D eigenvalue weighted by Crippen LogP contribution is -2.32. The Morgan fingerprint density at radius 1 is 1.07 bits per heavy atom. The average molecular weight is 409 g/mol. The van der Waals surface area contributed by atoms with E-state index in [-0.39, 0.29) is 18.9 Å². The summed E-state index contributed by atoms with van der Waals surface area (Å²) in [5.74, 6) is -0.135. The van der Waals surface area contributed by atoms with Crippen molar-refractivity contribution in [1.29, 1.82) is 0 Å². The van der Waals surface area contributed by atoms with Crippen LogP contribution in [0.1, 0.15) is 29.5 Å². The molecule has 0 fully saturated rings. The van der Waals surface area contributed by atoms with Crippen LogP contribution in [0.15, 0.2) is 36.4 Å². The molecular weight excluding hydrogens is 384 g/mol. The molecule has 7 heteroatoms. The maximum Gasteiger partial charge on any atom is 0.232 e. The van der Waals surface area contributed by atoms with Crippen LogP contribution in [-0.2, 0) is 14.8 Å². The van der Waals surface area contributed by atoms with E-state index in [4.69, 9.17) is 11.6 Å². The first kappa shape index (κ1) is 21.3. The molecule has 0 spiro atoms. The normalized spacial score (nSPS) is 11.3. The Morgan fingerprint density at radius 2 is 1.70 bits per heavy atom. The number of aryl methyl sites for hydroxylation is 3. The number of benzene rings is 2. The van der Waals surface area contributed by atoms with E-state index in [9.17, 15) is 13.2 Å². The Bertz CT molecular complexity index is 922. The minimum absolute atomic E-state index is 0.135. The number of para-hydroxylation sites is 1. The Kier molecular flexibility index (Phi) is 6.89. The number of carbonyl (C=O) groups excluding carboxylic acids is 1. The molecule has 0 unspecified atom stereocenters. The van der Waals surface area contributed by atoms with Crippen LogP contribution in [-0.4, -0.2) is 27.1 Å². The van der Waals surface area contributed by atoms with Gasteiger partial charge < -0.3 is 5.32 Å². The molecule has 5 nitrogen and oxygen atoms in total. The first-order valence-electron chi connectivity index (χ1n) is 8.69. The van der Waals surface area contributed by atoms with E-state index in [0.29, 0.717) is 17.1 Å². The Labute approximate surface area is 166 Å². The Balaban J connectivity index is 2.06. The molecule has 0 bridgehead atoms. The summed E-state index contributed by atoms with van der Waals surface area (Å²) in [6.07, 6.45) is 1.78. The number of nitrogens with one attached hydrogen (secondary N) is 1. The van der Waals surface area contributed by atoms with Crippen LogP contribution in [0.5, 0.6) is 0 Å². The molecule has 1 amide bonds. The fourth-order valence-corrected chi connectivity index (χ4v) is 4.09. The van der Waals surface area contributed by atoms with Gasteiger partial charge in [0.25, 0.3) is 0 Å². The van der Waals surface area contributed by atoms with E-state index >= 15 is 0 Å². The van der Waals surface area contributed by atoms with Crippen LogP contribution in [0.25, 0.3) is 0 Å². The zero-order chi connectivity index (χ0) is 20.2. The fourth-order valence-electron chi connectivity index (χ4n) is 2.91. The monoisotopic (exact) mass is 408 g/mol. The van der Waals surface area contributed by atoms with Crippen molar-refractivity contribution in [1.82, 2.24) is 0 Å². The predicted octanol–water partition coefficient (Wildman–Crippen LogP) is 4.45. The van der Waals surface area contributed by atoms with E-state index in [0.717, 1.165) is 28.6 Å². The van der Waals surface area contributed by atoms with Gasteiger partial charge in [-0.2, -0.15) is 0 Å². The molecule has 2 rings (SSSR count). The number of halogens is 1. The molecule has 0 saturated carbocycles.